The van der Waals surface area contributed by atoms with Crippen LogP contribution >= 0.6 is 0 Å². The number of hydrogen-bond donors (Lipinski definition) is 3. The van der Waals surface area contributed by atoms with Gasteiger partial charge in [0.05, 0.1) is 10.6 Å². The summed E-state index contributed by atoms with van der Waals surface area (Å²) >= 11 is 0. The van der Waals surface area contributed by atoms with Crippen LogP contribution in [-0.4, -0.2) is 33.2 Å². The van der Waals surface area contributed by atoms with Crippen molar-refractivity contribution < 1.29 is 22.3 Å². The van der Waals surface area contributed by atoms with Crippen molar-refractivity contribution in [3.8, 4) is 0 Å². The number of halogens is 1. The molecule has 1 aromatic rings. The Morgan fingerprint density at radius 2 is 1.88 bits per heavy atom. The molecule has 0 unspecified atom stereocenters. The summed E-state index contributed by atoms with van der Waals surface area (Å²) in [6, 6.07) is 3.32. The van der Waals surface area contributed by atoms with Crippen molar-refractivity contribution in [2.45, 2.75) is 44.1 Å². The molecule has 1 rings (SSSR count). The zero-order valence-electron chi connectivity index (χ0n) is 14.1. The van der Waals surface area contributed by atoms with Crippen molar-refractivity contribution in [3.63, 3.8) is 0 Å². The molecule has 136 valence electrons. The predicted octanol–water partition coefficient (Wildman–Crippen LogP) is 1.99. The number of nitrogens with one attached hydrogen (secondary N) is 2. The number of sulfonamides is 1. The van der Waals surface area contributed by atoms with Crippen molar-refractivity contribution >= 4 is 21.8 Å². The minimum absolute atomic E-state index is 0.109. The average Bonchev–Trinajstić information content (AvgIpc) is 2.43. The Kier molecular flexibility index (Phi) is 6.97. The second-order valence-electron chi connectivity index (χ2n) is 6.22. The monoisotopic (exact) mass is 361 g/mol. The third-order valence-corrected chi connectivity index (χ3v) is 4.30. The summed E-state index contributed by atoms with van der Waals surface area (Å²) in [5, 5.41) is 2.58. The molecule has 24 heavy (non-hydrogen) atoms. The van der Waals surface area contributed by atoms with Crippen LogP contribution in [0.15, 0.2) is 23.1 Å². The van der Waals surface area contributed by atoms with Gasteiger partial charge in [-0.1, -0.05) is 0 Å². The number of nitrogen functional groups attached to an aromatic ring is 1. The molecule has 4 N–H and O–H groups in total. The van der Waals surface area contributed by atoms with Crippen molar-refractivity contribution in [2.75, 3.05) is 18.8 Å². The van der Waals surface area contributed by atoms with E-state index in [1.165, 1.54) is 12.1 Å². The third kappa shape index (κ3) is 7.14. The highest BCUT2D eigenvalue weighted by Crippen LogP contribution is 2.16. The van der Waals surface area contributed by atoms with Gasteiger partial charge < -0.3 is 15.8 Å². The molecule has 0 fully saturated rings. The first-order valence-electron chi connectivity index (χ1n) is 7.53. The zero-order valence-corrected chi connectivity index (χ0v) is 14.9. The molecule has 0 radical (unpaired) electrons. The predicted molar refractivity (Wildman–Crippen MR) is 89.5 cm³/mol. The fourth-order valence-electron chi connectivity index (χ4n) is 1.72. The van der Waals surface area contributed by atoms with E-state index >= 15 is 0 Å². The van der Waals surface area contributed by atoms with E-state index in [1.54, 1.807) is 20.8 Å². The van der Waals surface area contributed by atoms with Crippen molar-refractivity contribution in [2.24, 2.45) is 0 Å². The SMILES string of the molecule is CC(C)(C)OC(=O)NCCCCNS(=O)(=O)c1ccc(N)c(F)c1. The fraction of sp³-hybridized carbons (Fsp3) is 0.533. The number of unbranched alkanes of at least 4 members (excludes halogenated alkanes) is 1. The average molecular weight is 361 g/mol. The Hall–Kier alpha value is -1.87. The summed E-state index contributed by atoms with van der Waals surface area (Å²) in [6.45, 7) is 5.83. The molecule has 0 aliphatic rings. The molecule has 9 heteroatoms. The van der Waals surface area contributed by atoms with Gasteiger partial charge in [-0.05, 0) is 51.8 Å². The van der Waals surface area contributed by atoms with Gasteiger partial charge in [0.2, 0.25) is 10.0 Å². The molecule has 0 aliphatic heterocycles. The molecule has 0 spiro atoms. The van der Waals surface area contributed by atoms with Crippen LogP contribution in [0.2, 0.25) is 0 Å². The molecule has 0 saturated carbocycles. The van der Waals surface area contributed by atoms with Crippen LogP contribution in [0.4, 0.5) is 14.9 Å². The van der Waals surface area contributed by atoms with E-state index in [-0.39, 0.29) is 17.1 Å². The summed E-state index contributed by atoms with van der Waals surface area (Å²) in [4.78, 5) is 11.2. The lowest BCUT2D eigenvalue weighted by atomic mass is 10.2. The van der Waals surface area contributed by atoms with Gasteiger partial charge in [0.25, 0.3) is 0 Å². The molecule has 0 atom stereocenters. The normalized spacial score (nSPS) is 12.0. The second kappa shape index (κ2) is 8.29. The number of rotatable bonds is 7. The first kappa shape index (κ1) is 20.2. The number of alkyl carbamates (subject to hydrolysis) is 1. The highest BCUT2D eigenvalue weighted by Gasteiger charge is 2.16. The number of anilines is 1. The van der Waals surface area contributed by atoms with E-state index in [1.807, 2.05) is 0 Å². The maximum absolute atomic E-state index is 13.3. The van der Waals surface area contributed by atoms with Crippen LogP contribution in [0.25, 0.3) is 0 Å². The van der Waals surface area contributed by atoms with E-state index in [4.69, 9.17) is 10.5 Å². The Bertz CT molecular complexity index is 672. The molecule has 1 amide bonds. The van der Waals surface area contributed by atoms with Gasteiger partial charge in [0, 0.05) is 13.1 Å². The Labute approximate surface area is 141 Å². The van der Waals surface area contributed by atoms with Gasteiger partial charge in [-0.2, -0.15) is 0 Å². The molecular formula is C15H24FN3O4S. The summed E-state index contributed by atoms with van der Waals surface area (Å²) < 4.78 is 44.7. The summed E-state index contributed by atoms with van der Waals surface area (Å²) in [5.74, 6) is -0.778. The van der Waals surface area contributed by atoms with Gasteiger partial charge in [-0.25, -0.2) is 22.3 Å². The van der Waals surface area contributed by atoms with E-state index in [9.17, 15) is 17.6 Å². The van der Waals surface area contributed by atoms with Crippen LogP contribution in [0.3, 0.4) is 0 Å². The molecule has 1 aromatic carbocycles. The van der Waals surface area contributed by atoms with Crippen LogP contribution in [0.1, 0.15) is 33.6 Å². The highest BCUT2D eigenvalue weighted by molar-refractivity contribution is 7.89. The Morgan fingerprint density at radius 1 is 1.25 bits per heavy atom. The molecular weight excluding hydrogens is 337 g/mol. The van der Waals surface area contributed by atoms with E-state index in [0.717, 1.165) is 6.07 Å². The van der Waals surface area contributed by atoms with Gasteiger partial charge in [-0.3, -0.25) is 0 Å². The molecule has 0 bridgehead atoms. The van der Waals surface area contributed by atoms with Crippen molar-refractivity contribution in [3.05, 3.63) is 24.0 Å². The number of benzene rings is 1. The third-order valence-electron chi connectivity index (χ3n) is 2.85. The summed E-state index contributed by atoms with van der Waals surface area (Å²) in [7, 11) is -3.78. The summed E-state index contributed by atoms with van der Waals surface area (Å²) in [5.41, 5.74) is 4.64. The Morgan fingerprint density at radius 3 is 2.46 bits per heavy atom. The van der Waals surface area contributed by atoms with Crippen LogP contribution in [0.5, 0.6) is 0 Å². The number of carbonyl (C=O) groups excluding carboxylic acids is 1. The maximum atomic E-state index is 13.3. The van der Waals surface area contributed by atoms with Gasteiger partial charge in [-0.15, -0.1) is 0 Å². The second-order valence-corrected chi connectivity index (χ2v) is 7.98. The number of nitrogens with two attached hydrogens (primary N) is 1. The maximum Gasteiger partial charge on any atom is 0.407 e. The largest absolute Gasteiger partial charge is 0.444 e. The number of hydrogen-bond acceptors (Lipinski definition) is 5. The minimum Gasteiger partial charge on any atom is -0.444 e. The van der Waals surface area contributed by atoms with Crippen LogP contribution < -0.4 is 15.8 Å². The first-order valence-corrected chi connectivity index (χ1v) is 9.01. The standard InChI is InChI=1S/C15H24FN3O4S/c1-15(2,3)23-14(20)18-8-4-5-9-19-24(21,22)11-6-7-13(17)12(16)10-11/h6-7,10,19H,4-5,8-9,17H2,1-3H3,(H,18,20). The lowest BCUT2D eigenvalue weighted by Gasteiger charge is -2.19. The molecule has 0 aromatic heterocycles. The molecule has 0 heterocycles. The lowest BCUT2D eigenvalue weighted by molar-refractivity contribution is 0.0527. The van der Waals surface area contributed by atoms with Gasteiger partial charge in [0.15, 0.2) is 0 Å². The first-order chi connectivity index (χ1) is 11.0. The molecule has 0 aliphatic carbocycles. The Balaban J connectivity index is 2.32. The van der Waals surface area contributed by atoms with E-state index in [0.29, 0.717) is 19.4 Å². The summed E-state index contributed by atoms with van der Waals surface area (Å²) in [6.07, 6.45) is 0.560. The smallest absolute Gasteiger partial charge is 0.407 e. The lowest BCUT2D eigenvalue weighted by Crippen LogP contribution is -2.33. The van der Waals surface area contributed by atoms with Gasteiger partial charge in [0.1, 0.15) is 11.4 Å². The van der Waals surface area contributed by atoms with Crippen LogP contribution in [-0.2, 0) is 14.8 Å². The topological polar surface area (TPSA) is 111 Å². The quantitative estimate of drug-likeness (QED) is 0.508. The highest BCUT2D eigenvalue weighted by atomic mass is 32.2. The van der Waals surface area contributed by atoms with Crippen LogP contribution in [0, 0.1) is 5.82 Å². The number of carbonyl (C=O) groups is 1. The van der Waals surface area contributed by atoms with E-state index < -0.39 is 27.5 Å². The zero-order chi connectivity index (χ0) is 18.4. The van der Waals surface area contributed by atoms with Gasteiger partial charge >= 0.3 is 6.09 Å². The van der Waals surface area contributed by atoms with E-state index in [2.05, 4.69) is 10.0 Å². The number of amides is 1. The number of ether oxygens (including phenoxy) is 1. The minimum atomic E-state index is -3.78. The molecule has 0 saturated heterocycles. The molecule has 7 nitrogen and oxygen atoms in total. The van der Waals surface area contributed by atoms with Crippen molar-refractivity contribution in [1.82, 2.24) is 10.0 Å². The van der Waals surface area contributed by atoms with Crippen molar-refractivity contribution in [1.29, 1.82) is 0 Å². The fourth-order valence-corrected chi connectivity index (χ4v) is 2.81.